The molecule has 2 heterocycles. The Morgan fingerprint density at radius 3 is 2.50 bits per heavy atom. The van der Waals surface area contributed by atoms with E-state index in [0.29, 0.717) is 24.0 Å². The predicted octanol–water partition coefficient (Wildman–Crippen LogP) is 3.32. The van der Waals surface area contributed by atoms with Crippen molar-refractivity contribution in [2.45, 2.75) is 17.7 Å². The van der Waals surface area contributed by atoms with E-state index in [1.165, 1.54) is 5.56 Å². The van der Waals surface area contributed by atoms with Crippen LogP contribution in [-0.2, 0) is 4.74 Å². The minimum absolute atomic E-state index is 0.372. The molecule has 0 spiro atoms. The van der Waals surface area contributed by atoms with E-state index in [1.807, 2.05) is 6.07 Å². The Kier molecular flexibility index (Phi) is 3.75. The van der Waals surface area contributed by atoms with Crippen LogP contribution >= 0.6 is 15.9 Å². The molecule has 1 unspecified atom stereocenters. The second-order valence-electron chi connectivity index (χ2n) is 4.75. The highest BCUT2D eigenvalue weighted by molar-refractivity contribution is 9.09. The molecule has 4 heteroatoms. The highest BCUT2D eigenvalue weighted by Gasteiger charge is 2.24. The summed E-state index contributed by atoms with van der Waals surface area (Å²) < 4.78 is 16.6. The maximum atomic E-state index is 5.63. The molecule has 0 N–H and O–H groups in total. The average Bonchev–Trinajstić information content (AvgIpc) is 2.47. The molecule has 2 aliphatic rings. The quantitative estimate of drug-likeness (QED) is 0.784. The largest absolute Gasteiger partial charge is 0.486 e. The first kappa shape index (κ1) is 12.3. The predicted molar refractivity (Wildman–Crippen MR) is 72.6 cm³/mol. The van der Waals surface area contributed by atoms with Crippen molar-refractivity contribution < 1.29 is 14.2 Å². The topological polar surface area (TPSA) is 27.7 Å². The third kappa shape index (κ3) is 2.50. The van der Waals surface area contributed by atoms with E-state index in [-0.39, 0.29) is 0 Å². The molecule has 98 valence electrons. The Labute approximate surface area is 116 Å². The van der Waals surface area contributed by atoms with Gasteiger partial charge in [-0.1, -0.05) is 22.0 Å². The zero-order valence-corrected chi connectivity index (χ0v) is 11.8. The number of hydrogen-bond acceptors (Lipinski definition) is 3. The van der Waals surface area contributed by atoms with Gasteiger partial charge < -0.3 is 14.2 Å². The highest BCUT2D eigenvalue weighted by Crippen LogP contribution is 2.40. The number of hydrogen-bond donors (Lipinski definition) is 0. The molecular weight excluding hydrogens is 296 g/mol. The molecule has 18 heavy (non-hydrogen) atoms. The third-order valence-electron chi connectivity index (χ3n) is 3.56. The Hall–Kier alpha value is -0.740. The Balaban J connectivity index is 1.78. The van der Waals surface area contributed by atoms with Crippen molar-refractivity contribution in [3.8, 4) is 11.5 Å². The Bertz CT molecular complexity index is 416. The van der Waals surface area contributed by atoms with E-state index >= 15 is 0 Å². The summed E-state index contributed by atoms with van der Waals surface area (Å²) in [6.45, 7) is 3.03. The highest BCUT2D eigenvalue weighted by atomic mass is 79.9. The monoisotopic (exact) mass is 312 g/mol. The lowest BCUT2D eigenvalue weighted by atomic mass is 9.92. The average molecular weight is 313 g/mol. The van der Waals surface area contributed by atoms with Crippen molar-refractivity contribution in [3.63, 3.8) is 0 Å². The second kappa shape index (κ2) is 5.49. The zero-order chi connectivity index (χ0) is 12.4. The summed E-state index contributed by atoms with van der Waals surface area (Å²) in [5, 5.41) is 0. The molecule has 2 aliphatic heterocycles. The van der Waals surface area contributed by atoms with Crippen molar-refractivity contribution >= 4 is 15.9 Å². The molecular formula is C14H17BrO3. The number of benzene rings is 1. The molecule has 0 radical (unpaired) electrons. The van der Waals surface area contributed by atoms with Gasteiger partial charge in [0, 0.05) is 18.0 Å². The van der Waals surface area contributed by atoms with Crippen LogP contribution < -0.4 is 9.47 Å². The lowest BCUT2D eigenvalue weighted by Crippen LogP contribution is -2.20. The van der Waals surface area contributed by atoms with Crippen molar-refractivity contribution in [3.05, 3.63) is 23.8 Å². The van der Waals surface area contributed by atoms with E-state index in [2.05, 4.69) is 28.1 Å². The Morgan fingerprint density at radius 1 is 1.00 bits per heavy atom. The number of ether oxygens (including phenoxy) is 3. The molecule has 1 saturated heterocycles. The van der Waals surface area contributed by atoms with Crippen LogP contribution in [0.2, 0.25) is 0 Å². The summed E-state index contributed by atoms with van der Waals surface area (Å²) in [5.41, 5.74) is 1.27. The molecule has 1 fully saturated rings. The van der Waals surface area contributed by atoms with Gasteiger partial charge >= 0.3 is 0 Å². The van der Waals surface area contributed by atoms with Crippen molar-refractivity contribution in [2.75, 3.05) is 26.4 Å². The normalized spacial score (nSPS) is 21.6. The third-order valence-corrected chi connectivity index (χ3v) is 4.84. The molecule has 3 nitrogen and oxygen atoms in total. The summed E-state index contributed by atoms with van der Waals surface area (Å²) >= 11 is 3.82. The SMILES string of the molecule is BrC(c1ccc2c(c1)OCCO2)C1CCOCC1. The molecule has 1 aromatic rings. The second-order valence-corrected chi connectivity index (χ2v) is 5.74. The fourth-order valence-corrected chi connectivity index (χ4v) is 3.33. The van der Waals surface area contributed by atoms with Gasteiger partial charge in [0.15, 0.2) is 11.5 Å². The summed E-state index contributed by atoms with van der Waals surface area (Å²) in [6, 6.07) is 6.24. The van der Waals surface area contributed by atoms with Gasteiger partial charge in [0.1, 0.15) is 13.2 Å². The van der Waals surface area contributed by atoms with Gasteiger partial charge in [-0.25, -0.2) is 0 Å². The van der Waals surface area contributed by atoms with Crippen LogP contribution in [0.5, 0.6) is 11.5 Å². The molecule has 3 rings (SSSR count). The molecule has 1 aromatic carbocycles. The summed E-state index contributed by atoms with van der Waals surface area (Å²) in [6.07, 6.45) is 2.23. The maximum Gasteiger partial charge on any atom is 0.161 e. The first-order valence-corrected chi connectivity index (χ1v) is 7.37. The molecule has 0 saturated carbocycles. The van der Waals surface area contributed by atoms with Gasteiger partial charge in [-0.3, -0.25) is 0 Å². The lowest BCUT2D eigenvalue weighted by molar-refractivity contribution is 0.0661. The number of rotatable bonds is 2. The first-order chi connectivity index (χ1) is 8.84. The fourth-order valence-electron chi connectivity index (χ4n) is 2.51. The van der Waals surface area contributed by atoms with Crippen molar-refractivity contribution in [1.82, 2.24) is 0 Å². The van der Waals surface area contributed by atoms with Gasteiger partial charge in [-0.05, 0) is 36.5 Å². The summed E-state index contributed by atoms with van der Waals surface area (Å²) in [4.78, 5) is 0.372. The van der Waals surface area contributed by atoms with Crippen LogP contribution in [0.3, 0.4) is 0 Å². The number of halogens is 1. The van der Waals surface area contributed by atoms with Crippen LogP contribution in [0.1, 0.15) is 23.2 Å². The minimum Gasteiger partial charge on any atom is -0.486 e. The van der Waals surface area contributed by atoms with Crippen LogP contribution in [0.25, 0.3) is 0 Å². The van der Waals surface area contributed by atoms with E-state index in [0.717, 1.165) is 37.6 Å². The molecule has 0 amide bonds. The van der Waals surface area contributed by atoms with Gasteiger partial charge in [-0.2, -0.15) is 0 Å². The standard InChI is InChI=1S/C14H17BrO3/c15-14(10-3-5-16-6-4-10)11-1-2-12-13(9-11)18-8-7-17-12/h1-2,9-10,14H,3-8H2. The number of fused-ring (bicyclic) bond motifs is 1. The summed E-state index contributed by atoms with van der Waals surface area (Å²) in [7, 11) is 0. The van der Waals surface area contributed by atoms with E-state index in [1.54, 1.807) is 0 Å². The van der Waals surface area contributed by atoms with Crippen LogP contribution in [0.15, 0.2) is 18.2 Å². The van der Waals surface area contributed by atoms with Crippen LogP contribution in [-0.4, -0.2) is 26.4 Å². The minimum atomic E-state index is 0.372. The van der Waals surface area contributed by atoms with E-state index < -0.39 is 0 Å². The Morgan fingerprint density at radius 2 is 1.72 bits per heavy atom. The maximum absolute atomic E-state index is 5.63. The number of alkyl halides is 1. The molecule has 0 bridgehead atoms. The smallest absolute Gasteiger partial charge is 0.161 e. The van der Waals surface area contributed by atoms with Crippen LogP contribution in [0.4, 0.5) is 0 Å². The molecule has 0 aromatic heterocycles. The van der Waals surface area contributed by atoms with Crippen molar-refractivity contribution in [2.24, 2.45) is 5.92 Å². The lowest BCUT2D eigenvalue weighted by Gasteiger charge is -2.27. The summed E-state index contributed by atoms with van der Waals surface area (Å²) in [5.74, 6) is 2.37. The van der Waals surface area contributed by atoms with E-state index in [4.69, 9.17) is 14.2 Å². The van der Waals surface area contributed by atoms with Crippen molar-refractivity contribution in [1.29, 1.82) is 0 Å². The molecule has 0 aliphatic carbocycles. The first-order valence-electron chi connectivity index (χ1n) is 6.46. The van der Waals surface area contributed by atoms with Gasteiger partial charge in [-0.15, -0.1) is 0 Å². The van der Waals surface area contributed by atoms with Gasteiger partial charge in [0.25, 0.3) is 0 Å². The molecule has 1 atom stereocenters. The van der Waals surface area contributed by atoms with Gasteiger partial charge in [0.2, 0.25) is 0 Å². The van der Waals surface area contributed by atoms with Crippen LogP contribution in [0, 0.1) is 5.92 Å². The van der Waals surface area contributed by atoms with E-state index in [9.17, 15) is 0 Å². The fraction of sp³-hybridized carbons (Fsp3) is 0.571. The zero-order valence-electron chi connectivity index (χ0n) is 10.2. The van der Waals surface area contributed by atoms with Gasteiger partial charge in [0.05, 0.1) is 0 Å².